The van der Waals surface area contributed by atoms with Crippen molar-refractivity contribution in [1.29, 1.82) is 0 Å². The molecule has 2 heteroatoms. The van der Waals surface area contributed by atoms with Crippen molar-refractivity contribution in [2.24, 2.45) is 0 Å². The molecule has 0 spiro atoms. The molecule has 7 aromatic rings. The normalized spacial score (nSPS) is 12.8. The van der Waals surface area contributed by atoms with Gasteiger partial charge in [-0.05, 0) is 62.7 Å². The third kappa shape index (κ3) is 4.76. The SMILES string of the molecule is CC1(C)c2ccccc2-c2cc(-c3ccccc3)c(-c3ccc(-c4cc(-c5ccccc5)nc(-c5ccccc5)n4)cc3)cc21. The van der Waals surface area contributed by atoms with Crippen molar-refractivity contribution in [3.8, 4) is 67.3 Å². The Bertz CT molecular complexity index is 2090. The summed E-state index contributed by atoms with van der Waals surface area (Å²) in [6.45, 7) is 4.69. The molecule has 1 aromatic heterocycles. The van der Waals surface area contributed by atoms with Crippen LogP contribution in [-0.4, -0.2) is 9.97 Å². The average Bonchev–Trinajstić information content (AvgIpc) is 3.34. The summed E-state index contributed by atoms with van der Waals surface area (Å²) in [6.07, 6.45) is 0. The summed E-state index contributed by atoms with van der Waals surface area (Å²) in [5, 5.41) is 0. The molecule has 0 atom stereocenters. The van der Waals surface area contributed by atoms with E-state index in [1.807, 2.05) is 24.3 Å². The van der Waals surface area contributed by atoms with Crippen LogP contribution < -0.4 is 0 Å². The average molecular weight is 577 g/mol. The molecular weight excluding hydrogens is 544 g/mol. The number of benzene rings is 6. The fraction of sp³-hybridized carbons (Fsp3) is 0.0698. The first kappa shape index (κ1) is 27.0. The summed E-state index contributed by atoms with van der Waals surface area (Å²) in [7, 11) is 0. The van der Waals surface area contributed by atoms with Gasteiger partial charge in [-0.1, -0.05) is 153 Å². The van der Waals surface area contributed by atoms with E-state index in [0.717, 1.165) is 33.9 Å². The lowest BCUT2D eigenvalue weighted by molar-refractivity contribution is 0.660. The molecule has 0 aliphatic heterocycles. The molecular formula is C43H32N2. The van der Waals surface area contributed by atoms with Gasteiger partial charge in [-0.2, -0.15) is 0 Å². The van der Waals surface area contributed by atoms with Crippen LogP contribution in [0.4, 0.5) is 0 Å². The summed E-state index contributed by atoms with van der Waals surface area (Å²) in [4.78, 5) is 10.0. The largest absolute Gasteiger partial charge is 0.228 e. The van der Waals surface area contributed by atoms with E-state index in [0.29, 0.717) is 0 Å². The van der Waals surface area contributed by atoms with Crippen LogP contribution in [0.3, 0.4) is 0 Å². The lowest BCUT2D eigenvalue weighted by atomic mass is 9.80. The van der Waals surface area contributed by atoms with Gasteiger partial charge in [0.2, 0.25) is 0 Å². The predicted molar refractivity (Wildman–Crippen MR) is 187 cm³/mol. The second kappa shape index (κ2) is 10.8. The van der Waals surface area contributed by atoms with Gasteiger partial charge in [-0.15, -0.1) is 0 Å². The standard InChI is InChI=1S/C43H32N2/c1-43(2)38-21-13-12-20-34(38)37-26-35(29-14-6-3-7-15-29)36(27-39(37)43)30-22-24-32(25-23-30)41-28-40(31-16-8-4-9-17-31)44-42(45-41)33-18-10-5-11-19-33/h3-28H,1-2H3. The van der Waals surface area contributed by atoms with Gasteiger partial charge in [0.15, 0.2) is 5.82 Å². The topological polar surface area (TPSA) is 25.8 Å². The smallest absolute Gasteiger partial charge is 0.160 e. The molecule has 2 nitrogen and oxygen atoms in total. The summed E-state index contributed by atoms with van der Waals surface area (Å²) < 4.78 is 0. The third-order valence-corrected chi connectivity index (χ3v) is 9.13. The third-order valence-electron chi connectivity index (χ3n) is 9.13. The van der Waals surface area contributed by atoms with Gasteiger partial charge in [0.1, 0.15) is 0 Å². The van der Waals surface area contributed by atoms with Crippen LogP contribution in [0, 0.1) is 0 Å². The molecule has 0 saturated carbocycles. The van der Waals surface area contributed by atoms with Crippen molar-refractivity contribution >= 4 is 0 Å². The van der Waals surface area contributed by atoms with Crippen molar-refractivity contribution in [1.82, 2.24) is 9.97 Å². The van der Waals surface area contributed by atoms with Crippen molar-refractivity contribution in [2.75, 3.05) is 0 Å². The monoisotopic (exact) mass is 576 g/mol. The molecule has 0 radical (unpaired) electrons. The molecule has 8 rings (SSSR count). The molecule has 6 aromatic carbocycles. The van der Waals surface area contributed by atoms with Crippen LogP contribution >= 0.6 is 0 Å². The van der Waals surface area contributed by atoms with E-state index in [4.69, 9.17) is 9.97 Å². The minimum absolute atomic E-state index is 0.0710. The molecule has 1 aliphatic rings. The molecule has 45 heavy (non-hydrogen) atoms. The van der Waals surface area contributed by atoms with E-state index in [1.165, 1.54) is 44.5 Å². The lowest BCUT2D eigenvalue weighted by Crippen LogP contribution is -2.15. The number of rotatable bonds is 5. The van der Waals surface area contributed by atoms with Crippen LogP contribution in [0.15, 0.2) is 158 Å². The summed E-state index contributed by atoms with van der Waals surface area (Å²) in [5.41, 5.74) is 15.2. The zero-order valence-corrected chi connectivity index (χ0v) is 25.4. The molecule has 1 aliphatic carbocycles. The van der Waals surface area contributed by atoms with E-state index in [1.54, 1.807) is 0 Å². The molecule has 0 saturated heterocycles. The van der Waals surface area contributed by atoms with Crippen molar-refractivity contribution in [3.63, 3.8) is 0 Å². The fourth-order valence-corrected chi connectivity index (χ4v) is 6.73. The highest BCUT2D eigenvalue weighted by atomic mass is 14.9. The zero-order valence-electron chi connectivity index (χ0n) is 25.4. The minimum Gasteiger partial charge on any atom is -0.228 e. The van der Waals surface area contributed by atoms with Gasteiger partial charge in [0.25, 0.3) is 0 Å². The van der Waals surface area contributed by atoms with Gasteiger partial charge in [0, 0.05) is 22.1 Å². The Morgan fingerprint density at radius 1 is 0.356 bits per heavy atom. The number of hydrogen-bond donors (Lipinski definition) is 0. The molecule has 0 N–H and O–H groups in total. The zero-order chi connectivity index (χ0) is 30.4. The molecule has 0 fully saturated rings. The maximum atomic E-state index is 5.05. The Morgan fingerprint density at radius 3 is 1.47 bits per heavy atom. The maximum absolute atomic E-state index is 5.05. The Hall–Kier alpha value is -5.60. The van der Waals surface area contributed by atoms with Gasteiger partial charge >= 0.3 is 0 Å². The highest BCUT2D eigenvalue weighted by Crippen LogP contribution is 2.51. The Kier molecular flexibility index (Phi) is 6.50. The Balaban J connectivity index is 1.26. The number of aromatic nitrogens is 2. The van der Waals surface area contributed by atoms with Crippen LogP contribution in [0.1, 0.15) is 25.0 Å². The second-order valence-corrected chi connectivity index (χ2v) is 12.3. The van der Waals surface area contributed by atoms with E-state index in [-0.39, 0.29) is 5.41 Å². The summed E-state index contributed by atoms with van der Waals surface area (Å²) in [5.74, 6) is 0.725. The molecule has 214 valence electrons. The lowest BCUT2D eigenvalue weighted by Gasteiger charge is -2.23. The Labute approximate surface area is 264 Å². The maximum Gasteiger partial charge on any atom is 0.160 e. The number of hydrogen-bond acceptors (Lipinski definition) is 2. The van der Waals surface area contributed by atoms with Crippen molar-refractivity contribution in [2.45, 2.75) is 19.3 Å². The number of fused-ring (bicyclic) bond motifs is 3. The van der Waals surface area contributed by atoms with Crippen molar-refractivity contribution in [3.05, 3.63) is 169 Å². The fourth-order valence-electron chi connectivity index (χ4n) is 6.73. The molecule has 0 amide bonds. The highest BCUT2D eigenvalue weighted by Gasteiger charge is 2.36. The second-order valence-electron chi connectivity index (χ2n) is 12.3. The van der Waals surface area contributed by atoms with Crippen molar-refractivity contribution < 1.29 is 0 Å². The van der Waals surface area contributed by atoms with Crippen LogP contribution in [0.2, 0.25) is 0 Å². The number of nitrogens with zero attached hydrogens (tertiary/aromatic N) is 2. The Morgan fingerprint density at radius 2 is 0.822 bits per heavy atom. The van der Waals surface area contributed by atoms with E-state index in [9.17, 15) is 0 Å². The summed E-state index contributed by atoms with van der Waals surface area (Å²) >= 11 is 0. The molecule has 0 unspecified atom stereocenters. The van der Waals surface area contributed by atoms with E-state index in [2.05, 4.69) is 147 Å². The van der Waals surface area contributed by atoms with Gasteiger partial charge in [-0.25, -0.2) is 9.97 Å². The quantitative estimate of drug-likeness (QED) is 0.204. The molecule has 1 heterocycles. The van der Waals surface area contributed by atoms with Gasteiger partial charge in [-0.3, -0.25) is 0 Å². The predicted octanol–water partition coefficient (Wildman–Crippen LogP) is 11.1. The summed E-state index contributed by atoms with van der Waals surface area (Å²) in [6, 6.07) is 56.0. The van der Waals surface area contributed by atoms with Gasteiger partial charge in [0.05, 0.1) is 11.4 Å². The molecule has 0 bridgehead atoms. The first-order valence-electron chi connectivity index (χ1n) is 15.5. The van der Waals surface area contributed by atoms with Crippen LogP contribution in [0.5, 0.6) is 0 Å². The van der Waals surface area contributed by atoms with Gasteiger partial charge < -0.3 is 0 Å². The first-order chi connectivity index (χ1) is 22.1. The first-order valence-corrected chi connectivity index (χ1v) is 15.5. The van der Waals surface area contributed by atoms with Crippen LogP contribution in [-0.2, 0) is 5.41 Å². The van der Waals surface area contributed by atoms with E-state index >= 15 is 0 Å². The van der Waals surface area contributed by atoms with E-state index < -0.39 is 0 Å². The van der Waals surface area contributed by atoms with Crippen LogP contribution in [0.25, 0.3) is 67.3 Å². The minimum atomic E-state index is -0.0710. The highest BCUT2D eigenvalue weighted by molar-refractivity contribution is 5.92.